The molecule has 0 aliphatic heterocycles. The van der Waals surface area contributed by atoms with Gasteiger partial charge in [-0.3, -0.25) is 10.1 Å². The van der Waals surface area contributed by atoms with Crippen molar-refractivity contribution < 1.29 is 13.7 Å². The Morgan fingerprint density at radius 3 is 2.44 bits per heavy atom. The Hall–Kier alpha value is -1.56. The Morgan fingerprint density at radius 1 is 1.33 bits per heavy atom. The largest absolute Gasteiger partial charge is 0.308 e. The third kappa shape index (κ3) is 3.46. The fourth-order valence-corrected chi connectivity index (χ4v) is 1.32. The Morgan fingerprint density at radius 2 is 1.94 bits per heavy atom. The molecule has 1 aromatic rings. The second-order valence-electron chi connectivity index (χ2n) is 4.74. The van der Waals surface area contributed by atoms with E-state index < -0.39 is 22.2 Å². The zero-order valence-corrected chi connectivity index (χ0v) is 10.6. The van der Waals surface area contributed by atoms with E-state index in [9.17, 15) is 18.9 Å². The summed E-state index contributed by atoms with van der Waals surface area (Å²) < 4.78 is 26.6. The summed E-state index contributed by atoms with van der Waals surface area (Å²) in [6.45, 7) is 5.95. The van der Waals surface area contributed by atoms with Gasteiger partial charge in [0.15, 0.2) is 0 Å². The molecule has 0 aliphatic carbocycles. The zero-order valence-electron chi connectivity index (χ0n) is 10.6. The number of hydrogen-bond donors (Lipinski definition) is 1. The molecule has 0 radical (unpaired) electrons. The molecule has 0 aliphatic rings. The monoisotopic (exact) mass is 258 g/mol. The maximum absolute atomic E-state index is 13.5. The van der Waals surface area contributed by atoms with Gasteiger partial charge in [-0.25, -0.2) is 4.39 Å². The van der Waals surface area contributed by atoms with E-state index in [4.69, 9.17) is 0 Å². The standard InChI is InChI=1S/C12H16F2N2O2/c1-4-12(2,3)15-7-8-5-11(16(17)18)10(14)6-9(8)13/h5-6,15H,4,7H2,1-3H3. The van der Waals surface area contributed by atoms with E-state index in [1.165, 1.54) is 0 Å². The third-order valence-electron chi connectivity index (χ3n) is 2.95. The molecule has 1 N–H and O–H groups in total. The fourth-order valence-electron chi connectivity index (χ4n) is 1.32. The lowest BCUT2D eigenvalue weighted by molar-refractivity contribution is -0.387. The van der Waals surface area contributed by atoms with Crippen LogP contribution in [0.1, 0.15) is 32.8 Å². The summed E-state index contributed by atoms with van der Waals surface area (Å²) in [5.41, 5.74) is -0.831. The van der Waals surface area contributed by atoms with Gasteiger partial charge in [0.05, 0.1) is 4.92 Å². The predicted molar refractivity (Wildman–Crippen MR) is 64.2 cm³/mol. The minimum absolute atomic E-state index is 0.0876. The molecule has 18 heavy (non-hydrogen) atoms. The topological polar surface area (TPSA) is 55.2 Å². The van der Waals surface area contributed by atoms with Crippen LogP contribution in [0.15, 0.2) is 12.1 Å². The molecule has 0 atom stereocenters. The van der Waals surface area contributed by atoms with Crippen LogP contribution in [-0.2, 0) is 6.54 Å². The number of nitrogens with zero attached hydrogens (tertiary/aromatic N) is 1. The molecule has 6 heteroatoms. The normalized spacial score (nSPS) is 11.6. The molecule has 0 fully saturated rings. The highest BCUT2D eigenvalue weighted by Crippen LogP contribution is 2.22. The van der Waals surface area contributed by atoms with Crippen molar-refractivity contribution in [2.75, 3.05) is 0 Å². The summed E-state index contributed by atoms with van der Waals surface area (Å²) in [5.74, 6) is -1.94. The van der Waals surface area contributed by atoms with Gasteiger partial charge in [0, 0.05) is 29.8 Å². The van der Waals surface area contributed by atoms with Crippen LogP contribution in [0.5, 0.6) is 0 Å². The van der Waals surface area contributed by atoms with Crippen LogP contribution in [0.4, 0.5) is 14.5 Å². The van der Waals surface area contributed by atoms with Gasteiger partial charge in [0.2, 0.25) is 5.82 Å². The highest BCUT2D eigenvalue weighted by Gasteiger charge is 2.20. The molecular formula is C12H16F2N2O2. The third-order valence-corrected chi connectivity index (χ3v) is 2.95. The molecule has 0 heterocycles. The lowest BCUT2D eigenvalue weighted by Crippen LogP contribution is -2.38. The molecule has 0 bridgehead atoms. The molecule has 4 nitrogen and oxygen atoms in total. The Kier molecular flexibility index (Phi) is 4.34. The van der Waals surface area contributed by atoms with Gasteiger partial charge in [-0.15, -0.1) is 0 Å². The van der Waals surface area contributed by atoms with Crippen LogP contribution < -0.4 is 5.32 Å². The summed E-state index contributed by atoms with van der Waals surface area (Å²) in [5, 5.41) is 13.6. The molecule has 100 valence electrons. The van der Waals surface area contributed by atoms with Gasteiger partial charge in [0.25, 0.3) is 0 Å². The van der Waals surface area contributed by atoms with E-state index >= 15 is 0 Å². The average molecular weight is 258 g/mol. The quantitative estimate of drug-likeness (QED) is 0.652. The molecule has 0 amide bonds. The SMILES string of the molecule is CCC(C)(C)NCc1cc([N+](=O)[O-])c(F)cc1F. The molecule has 1 aromatic carbocycles. The lowest BCUT2D eigenvalue weighted by Gasteiger charge is -2.24. The number of benzene rings is 1. The molecule has 0 aromatic heterocycles. The van der Waals surface area contributed by atoms with Crippen LogP contribution in [0, 0.1) is 21.7 Å². The van der Waals surface area contributed by atoms with E-state index in [2.05, 4.69) is 5.32 Å². The number of nitro groups is 1. The molecule has 1 rings (SSSR count). The highest BCUT2D eigenvalue weighted by molar-refractivity contribution is 5.37. The fraction of sp³-hybridized carbons (Fsp3) is 0.500. The molecule has 0 saturated heterocycles. The van der Waals surface area contributed by atoms with E-state index in [0.29, 0.717) is 6.07 Å². The van der Waals surface area contributed by atoms with Gasteiger partial charge in [-0.1, -0.05) is 6.92 Å². The number of nitro benzene ring substituents is 1. The number of hydrogen-bond acceptors (Lipinski definition) is 3. The summed E-state index contributed by atoms with van der Waals surface area (Å²) in [4.78, 5) is 9.71. The first-order valence-electron chi connectivity index (χ1n) is 5.64. The first-order chi connectivity index (χ1) is 8.26. The second kappa shape index (κ2) is 5.39. The van der Waals surface area contributed by atoms with Gasteiger partial charge in [-0.2, -0.15) is 4.39 Å². The Balaban J connectivity index is 2.96. The molecule has 0 unspecified atom stereocenters. The highest BCUT2D eigenvalue weighted by atomic mass is 19.1. The van der Waals surface area contributed by atoms with Crippen molar-refractivity contribution in [2.24, 2.45) is 0 Å². The minimum atomic E-state index is -1.16. The smallest absolute Gasteiger partial charge is 0.305 e. The van der Waals surface area contributed by atoms with Crippen LogP contribution in [0.3, 0.4) is 0 Å². The van der Waals surface area contributed by atoms with Crippen LogP contribution >= 0.6 is 0 Å². The second-order valence-corrected chi connectivity index (χ2v) is 4.74. The van der Waals surface area contributed by atoms with E-state index in [1.54, 1.807) is 0 Å². The van der Waals surface area contributed by atoms with Crippen molar-refractivity contribution in [1.82, 2.24) is 5.32 Å². The predicted octanol–water partition coefficient (Wildman–Crippen LogP) is 3.15. The van der Waals surface area contributed by atoms with Gasteiger partial charge >= 0.3 is 5.69 Å². The Bertz CT molecular complexity index is 462. The van der Waals surface area contributed by atoms with Crippen molar-refractivity contribution in [3.05, 3.63) is 39.4 Å². The summed E-state index contributed by atoms with van der Waals surface area (Å²) in [6, 6.07) is 1.48. The van der Waals surface area contributed by atoms with E-state index in [1.807, 2.05) is 20.8 Å². The molecular weight excluding hydrogens is 242 g/mol. The summed E-state index contributed by atoms with van der Waals surface area (Å²) in [6.07, 6.45) is 0.817. The van der Waals surface area contributed by atoms with Crippen molar-refractivity contribution in [3.8, 4) is 0 Å². The van der Waals surface area contributed by atoms with Crippen molar-refractivity contribution >= 4 is 5.69 Å². The first kappa shape index (κ1) is 14.5. The first-order valence-corrected chi connectivity index (χ1v) is 5.64. The average Bonchev–Trinajstić information content (AvgIpc) is 2.27. The van der Waals surface area contributed by atoms with Gasteiger partial charge < -0.3 is 5.32 Å². The van der Waals surface area contributed by atoms with Crippen molar-refractivity contribution in [3.63, 3.8) is 0 Å². The number of rotatable bonds is 5. The molecule has 0 spiro atoms. The van der Waals surface area contributed by atoms with Crippen LogP contribution in [0.25, 0.3) is 0 Å². The van der Waals surface area contributed by atoms with Crippen LogP contribution in [-0.4, -0.2) is 10.5 Å². The zero-order chi connectivity index (χ0) is 13.9. The Labute approximate surface area is 104 Å². The minimum Gasteiger partial charge on any atom is -0.308 e. The van der Waals surface area contributed by atoms with Gasteiger partial charge in [0.1, 0.15) is 5.82 Å². The maximum atomic E-state index is 13.5. The number of halogens is 2. The van der Waals surface area contributed by atoms with Crippen molar-refractivity contribution in [2.45, 2.75) is 39.3 Å². The van der Waals surface area contributed by atoms with Crippen molar-refractivity contribution in [1.29, 1.82) is 0 Å². The number of nitrogens with one attached hydrogen (secondary N) is 1. The summed E-state index contributed by atoms with van der Waals surface area (Å²) in [7, 11) is 0. The van der Waals surface area contributed by atoms with Gasteiger partial charge in [-0.05, 0) is 20.3 Å². The van der Waals surface area contributed by atoms with E-state index in [0.717, 1.165) is 12.5 Å². The molecule has 0 saturated carbocycles. The van der Waals surface area contributed by atoms with Crippen LogP contribution in [0.2, 0.25) is 0 Å². The van der Waals surface area contributed by atoms with E-state index in [-0.39, 0.29) is 17.6 Å². The lowest BCUT2D eigenvalue weighted by atomic mass is 10.0. The summed E-state index contributed by atoms with van der Waals surface area (Å²) >= 11 is 0. The maximum Gasteiger partial charge on any atom is 0.305 e.